The van der Waals surface area contributed by atoms with Gasteiger partial charge in [0.05, 0.1) is 90.9 Å². The maximum Gasteiger partial charge on any atom is 0.410 e. The van der Waals surface area contributed by atoms with Gasteiger partial charge in [0.2, 0.25) is 23.8 Å². The number of ether oxygens (including phenoxy) is 8. The molecule has 0 unspecified atom stereocenters. The quantitative estimate of drug-likeness (QED) is 0.0517. The average Bonchev–Trinajstić information content (AvgIpc) is 1.62. The largest absolute Gasteiger partial charge is 0.486 e. The Bertz CT molecular complexity index is 5060. The Morgan fingerprint density at radius 3 is 1.26 bits per heavy atom. The van der Waals surface area contributed by atoms with Gasteiger partial charge in [-0.2, -0.15) is 0 Å². The van der Waals surface area contributed by atoms with Crippen LogP contribution in [0.5, 0.6) is 17.2 Å². The van der Waals surface area contributed by atoms with Crippen LogP contribution in [-0.4, -0.2) is 192 Å². The first kappa shape index (κ1) is 94.9. The number of aryl methyl sites for hydroxylation is 2. The Morgan fingerprint density at radius 1 is 0.542 bits per heavy atom. The molecule has 8 aromatic rings. The van der Waals surface area contributed by atoms with Crippen molar-refractivity contribution in [1.82, 2.24) is 53.3 Å². The summed E-state index contributed by atoms with van der Waals surface area (Å²) in [6, 6.07) is 17.4. The number of halogens is 3. The first-order valence-electron chi connectivity index (χ1n) is 40.0. The van der Waals surface area contributed by atoms with E-state index in [0.29, 0.717) is 168 Å². The first-order valence-corrected chi connectivity index (χ1v) is 41.1. The minimum atomic E-state index is -0.609. The molecule has 4 N–H and O–H groups in total. The molecule has 0 radical (unpaired) electrons. The Balaban J connectivity index is 0.000000211. The minimum Gasteiger partial charge on any atom is -0.486 e. The van der Waals surface area contributed by atoms with E-state index in [0.717, 1.165) is 94.0 Å². The molecule has 30 heteroatoms. The molecule has 644 valence electrons. The lowest BCUT2D eigenvalue weighted by Crippen LogP contribution is -2.39. The Labute approximate surface area is 720 Å². The summed E-state index contributed by atoms with van der Waals surface area (Å²) in [6.07, 6.45) is 20.5. The molecule has 6 atom stereocenters. The van der Waals surface area contributed by atoms with Crippen molar-refractivity contribution in [2.75, 3.05) is 95.3 Å². The maximum atomic E-state index is 13.3. The van der Waals surface area contributed by atoms with E-state index in [4.69, 9.17) is 94.8 Å². The molecular weight excluding hydrogens is 1590 g/mol. The molecule has 11 heterocycles. The van der Waals surface area contributed by atoms with E-state index in [2.05, 4.69) is 68.3 Å². The number of nitrogens with one attached hydrogen (secondary N) is 2. The molecule has 6 aliphatic heterocycles. The zero-order valence-electron chi connectivity index (χ0n) is 68.9. The Morgan fingerprint density at radius 2 is 0.908 bits per heavy atom. The smallest absolute Gasteiger partial charge is 0.410 e. The zero-order chi connectivity index (χ0) is 84.8. The summed E-state index contributed by atoms with van der Waals surface area (Å²) in [5.74, 6) is 14.1. The molecule has 120 heavy (non-hydrogen) atoms. The third-order valence-corrected chi connectivity index (χ3v) is 20.8. The van der Waals surface area contributed by atoms with Crippen molar-refractivity contribution >= 4 is 116 Å². The fourth-order valence-corrected chi connectivity index (χ4v) is 15.3. The number of fused-ring (bicyclic) bond motifs is 3. The zero-order valence-corrected chi connectivity index (χ0v) is 71.2. The van der Waals surface area contributed by atoms with Gasteiger partial charge in [0.1, 0.15) is 61.8 Å². The molecule has 0 bridgehead atoms. The van der Waals surface area contributed by atoms with E-state index in [-0.39, 0.29) is 81.2 Å². The number of hydrogen-bond donors (Lipinski definition) is 3. The summed E-state index contributed by atoms with van der Waals surface area (Å²) in [7, 11) is 0. The third kappa shape index (κ3) is 25.5. The van der Waals surface area contributed by atoms with E-state index < -0.39 is 11.2 Å². The van der Waals surface area contributed by atoms with Crippen LogP contribution in [0.3, 0.4) is 0 Å². The van der Waals surface area contributed by atoms with E-state index >= 15 is 0 Å². The van der Waals surface area contributed by atoms with E-state index in [9.17, 15) is 24.0 Å². The number of nitrogen functional groups attached to an aromatic ring is 1. The normalized spacial score (nSPS) is 18.9. The molecule has 6 saturated heterocycles. The molecule has 6 fully saturated rings. The maximum absolute atomic E-state index is 13.3. The highest BCUT2D eigenvalue weighted by Gasteiger charge is 2.36. The Hall–Kier alpha value is -10.6. The van der Waals surface area contributed by atoms with Crippen LogP contribution in [0.25, 0.3) is 33.1 Å². The van der Waals surface area contributed by atoms with Crippen molar-refractivity contribution < 1.29 is 61.9 Å². The van der Waals surface area contributed by atoms with Gasteiger partial charge in [0, 0.05) is 93.4 Å². The van der Waals surface area contributed by atoms with Crippen molar-refractivity contribution in [3.05, 3.63) is 136 Å². The number of carbonyl (C=O) groups is 5. The lowest BCUT2D eigenvalue weighted by molar-refractivity contribution is -0.126. The molecule has 27 nitrogen and oxygen atoms in total. The van der Waals surface area contributed by atoms with E-state index in [1.807, 2.05) is 100 Å². The van der Waals surface area contributed by atoms with E-state index in [1.54, 1.807) is 76.5 Å². The lowest BCUT2D eigenvalue weighted by atomic mass is 10.1. The highest BCUT2D eigenvalue weighted by Crippen LogP contribution is 2.43. The monoisotopic (exact) mass is 1700 g/mol. The average molecular weight is 1710 g/mol. The number of carbonyl (C=O) groups excluding carboxylic acids is 5. The number of allylic oxidation sites excluding steroid dienone is 1. The van der Waals surface area contributed by atoms with Crippen LogP contribution in [0.2, 0.25) is 15.1 Å². The van der Waals surface area contributed by atoms with Gasteiger partial charge in [-0.15, -0.1) is 13.0 Å². The van der Waals surface area contributed by atoms with Crippen molar-refractivity contribution in [1.29, 1.82) is 0 Å². The van der Waals surface area contributed by atoms with Gasteiger partial charge in [0.15, 0.2) is 0 Å². The topological polar surface area (TPSA) is 298 Å². The predicted molar refractivity (Wildman–Crippen MR) is 472 cm³/mol. The molecular formula is C90H115Cl3N14O13. The molecule has 0 aliphatic carbocycles. The summed E-state index contributed by atoms with van der Waals surface area (Å²) in [5, 5.41) is 7.29. The number of imidazole rings is 3. The number of amides is 5. The van der Waals surface area contributed by atoms with Gasteiger partial charge in [-0.25, -0.2) is 24.5 Å². The summed E-state index contributed by atoms with van der Waals surface area (Å²) < 4.78 is 51.9. The molecule has 14 rings (SSSR count). The number of hydrogen-bond acceptors (Lipinski definition) is 19. The number of aromatic nitrogens is 8. The summed E-state index contributed by atoms with van der Waals surface area (Å²) in [5.41, 5.74) is 11.6. The third-order valence-electron chi connectivity index (χ3n) is 19.8. The van der Waals surface area contributed by atoms with E-state index in [1.165, 1.54) is 6.08 Å². The number of likely N-dealkylation sites (tertiary alicyclic amines) is 3. The molecule has 0 saturated carbocycles. The van der Waals surface area contributed by atoms with Gasteiger partial charge < -0.3 is 72.0 Å². The van der Waals surface area contributed by atoms with Crippen molar-refractivity contribution in [2.24, 2.45) is 0 Å². The van der Waals surface area contributed by atoms with Gasteiger partial charge in [0.25, 0.3) is 11.8 Å². The second-order valence-electron chi connectivity index (χ2n) is 31.2. The predicted octanol–water partition coefficient (Wildman–Crippen LogP) is 17.8. The summed E-state index contributed by atoms with van der Waals surface area (Å²) in [4.78, 5) is 92.6. The lowest BCUT2D eigenvalue weighted by Gasteiger charge is -2.29. The first-order chi connectivity index (χ1) is 56.6. The van der Waals surface area contributed by atoms with Crippen LogP contribution in [0.1, 0.15) is 198 Å². The highest BCUT2D eigenvalue weighted by molar-refractivity contribution is 6.37. The van der Waals surface area contributed by atoms with Crippen molar-refractivity contribution in [2.45, 2.75) is 209 Å². The van der Waals surface area contributed by atoms with Crippen molar-refractivity contribution in [3.63, 3.8) is 0 Å². The molecule has 6 aliphatic rings. The summed E-state index contributed by atoms with van der Waals surface area (Å²) in [6.45, 7) is 32.3. The fourth-order valence-electron chi connectivity index (χ4n) is 14.4. The van der Waals surface area contributed by atoms with Crippen LogP contribution in [-0.2, 0) is 28.5 Å². The number of benzene rings is 3. The van der Waals surface area contributed by atoms with Crippen LogP contribution in [0.15, 0.2) is 98.4 Å². The van der Waals surface area contributed by atoms with Crippen molar-refractivity contribution in [3.8, 4) is 53.3 Å². The highest BCUT2D eigenvalue weighted by atomic mass is 35.5. The van der Waals surface area contributed by atoms with Gasteiger partial charge >= 0.3 is 12.2 Å². The van der Waals surface area contributed by atoms with Crippen LogP contribution in [0.4, 0.5) is 27.4 Å². The summed E-state index contributed by atoms with van der Waals surface area (Å²) >= 11 is 20.8. The number of rotatable bonds is 14. The number of pyridine rings is 2. The van der Waals surface area contributed by atoms with Crippen LogP contribution >= 0.6 is 34.8 Å². The van der Waals surface area contributed by atoms with Crippen LogP contribution < -0.4 is 30.6 Å². The van der Waals surface area contributed by atoms with Gasteiger partial charge in [-0.05, 0) is 217 Å². The number of terminal acetylenes is 1. The number of nitrogens with two attached hydrogens (primary N) is 1. The number of anilines is 3. The fraction of sp³-hybridized carbons (Fsp3) is 0.489. The molecule has 3 aromatic carbocycles. The molecule has 0 spiro atoms. The Kier molecular flexibility index (Phi) is 35.3. The SMILES string of the molecule is C.C.C#CC#CC#CC.C=CC.C=CC(=O)N1CCCC[C@@H](n2c(NC(=O)c3ccnc(C)c3)nc3ccc(O[C@@H]4CCOC4)c(Cl)c32)C1.CC(C)(C)OC(=O)N1CCCC[C@@H](n2c(N)nc3ccc(O[C@@H]4CCOC4)c(Cl)c32)C1.Cc1cc(C(=O)Nc2nc3ccc(O[C@@H]4CCOC4)c(Cl)c3n2[C@@H]2CCCCN(C(=O)OC(C)(C)C)C2)ccn1. The van der Waals surface area contributed by atoms with Gasteiger partial charge in [-0.3, -0.25) is 35.0 Å². The number of nitrogens with zero attached hydrogens (tertiary/aromatic N) is 11. The standard InChI is InChI=1S/C29H36ClN5O5.C27H30ClN5O4.C22H31ClN4O4.C7H4.C3H6.2CH4/c1-18-15-19(10-12-31-18)26(36)33-27-32-22-8-9-23(39-21-11-14-38-17-21)24(30)25(22)35(27)20-7-5-6-13-34(16-20)28(37)40-29(2,3)4;1-3-23(34)32-12-5-4-6-19(15-32)33-25-21(7-8-22(24(25)28)37-20-10-13-36-16-20)30-27(33)31-26(35)18-9-11-29-17(2)14-18;1-22(2,3)31-21(28)26-10-5-4-6-14(12-26)27-19-16(25-20(27)24)7-8-17(18(19)23)30-15-9-11-29-13-15;1-3-5-7-6-4-2;1-3-2;;/h8-10,12,15,20-21H,5-7,11,13-14,16-17H2,1-4H3,(H,32,33,36);3,7-9,11,14,19-20H,1,4-6,10,12-13,15-16H2,2H3,(H,30,31,35);7-8,14-15H,4-6,9-13H2,1-3H3,(H2,24,25);1H,2H3;3H,1H2,2H3;2*1H4/t20-,21-;19-,20-;14-,15-;;;;/m111..../s1. The minimum absolute atomic E-state index is 0. The molecule has 5 amide bonds. The second-order valence-corrected chi connectivity index (χ2v) is 32.4. The van der Waals surface area contributed by atoms with Gasteiger partial charge in [-0.1, -0.05) is 68.2 Å². The molecule has 5 aromatic heterocycles. The van der Waals surface area contributed by atoms with Crippen LogP contribution in [0, 0.1) is 49.9 Å². The second kappa shape index (κ2) is 44.6.